The quantitative estimate of drug-likeness (QED) is 0.880. The number of benzene rings is 2. The fraction of sp³-hybridized carbons (Fsp3) is 0.211. The van der Waals surface area contributed by atoms with Gasteiger partial charge in [0.15, 0.2) is 0 Å². The van der Waals surface area contributed by atoms with E-state index in [1.165, 1.54) is 0 Å². The highest BCUT2D eigenvalue weighted by Crippen LogP contribution is 2.34. The van der Waals surface area contributed by atoms with Crippen LogP contribution < -0.4 is 20.1 Å². The van der Waals surface area contributed by atoms with Gasteiger partial charge in [0.05, 0.1) is 26.7 Å². The molecule has 0 saturated carbocycles. The molecule has 2 aromatic carbocycles. The maximum absolute atomic E-state index is 12.3. The van der Waals surface area contributed by atoms with E-state index in [0.717, 1.165) is 0 Å². The van der Waals surface area contributed by atoms with Crippen molar-refractivity contribution in [2.45, 2.75) is 12.5 Å². The molecular formula is C19H19N3O4. The Kier molecular flexibility index (Phi) is 5.17. The summed E-state index contributed by atoms with van der Waals surface area (Å²) in [6, 6.07) is 13.5. The minimum atomic E-state index is -0.486. The van der Waals surface area contributed by atoms with Crippen molar-refractivity contribution in [3.63, 3.8) is 0 Å². The zero-order valence-electron chi connectivity index (χ0n) is 14.5. The lowest BCUT2D eigenvalue weighted by molar-refractivity contribution is -0.120. The normalized spacial score (nSPS) is 16.3. The van der Waals surface area contributed by atoms with Gasteiger partial charge in [-0.15, -0.1) is 0 Å². The third-order valence-electron chi connectivity index (χ3n) is 3.99. The van der Waals surface area contributed by atoms with Gasteiger partial charge >= 0.3 is 0 Å². The van der Waals surface area contributed by atoms with Crippen LogP contribution in [0.4, 0.5) is 0 Å². The van der Waals surface area contributed by atoms with Crippen molar-refractivity contribution in [2.24, 2.45) is 4.99 Å². The Morgan fingerprint density at radius 3 is 2.62 bits per heavy atom. The van der Waals surface area contributed by atoms with Crippen molar-refractivity contribution in [2.75, 3.05) is 14.2 Å². The molecule has 7 heteroatoms. The molecule has 0 saturated heterocycles. The predicted molar refractivity (Wildman–Crippen MR) is 96.4 cm³/mol. The van der Waals surface area contributed by atoms with E-state index in [2.05, 4.69) is 15.6 Å². The molecule has 0 spiro atoms. The fourth-order valence-corrected chi connectivity index (χ4v) is 2.70. The third-order valence-corrected chi connectivity index (χ3v) is 3.99. The number of rotatable bonds is 4. The number of carbonyl (C=O) groups is 2. The summed E-state index contributed by atoms with van der Waals surface area (Å²) in [7, 11) is 3.12. The van der Waals surface area contributed by atoms with E-state index in [1.807, 2.05) is 6.07 Å². The zero-order valence-corrected chi connectivity index (χ0v) is 14.5. The molecule has 7 nitrogen and oxygen atoms in total. The summed E-state index contributed by atoms with van der Waals surface area (Å²) < 4.78 is 10.6. The number of aliphatic imine (C=N–C) groups is 1. The highest BCUT2D eigenvalue weighted by Gasteiger charge is 2.26. The predicted octanol–water partition coefficient (Wildman–Crippen LogP) is 2.05. The first-order chi connectivity index (χ1) is 12.6. The van der Waals surface area contributed by atoms with E-state index in [9.17, 15) is 9.59 Å². The molecule has 0 unspecified atom stereocenters. The van der Waals surface area contributed by atoms with Crippen molar-refractivity contribution in [1.29, 1.82) is 0 Å². The molecule has 0 aromatic heterocycles. The Morgan fingerprint density at radius 1 is 1.15 bits per heavy atom. The number of nitrogens with zero attached hydrogens (tertiary/aromatic N) is 1. The average Bonchev–Trinajstić information content (AvgIpc) is 2.67. The average molecular weight is 353 g/mol. The number of hydrogen-bond acceptors (Lipinski definition) is 5. The number of hydrogen-bond donors (Lipinski definition) is 2. The van der Waals surface area contributed by atoms with Crippen LogP contribution in [0.3, 0.4) is 0 Å². The summed E-state index contributed by atoms with van der Waals surface area (Å²) in [6.45, 7) is 0. The van der Waals surface area contributed by atoms with Crippen molar-refractivity contribution in [3.05, 3.63) is 59.7 Å². The maximum atomic E-state index is 12.3. The molecule has 1 atom stereocenters. The van der Waals surface area contributed by atoms with E-state index in [4.69, 9.17) is 9.47 Å². The Hall–Kier alpha value is -3.35. The van der Waals surface area contributed by atoms with E-state index < -0.39 is 6.04 Å². The summed E-state index contributed by atoms with van der Waals surface area (Å²) >= 11 is 0. The van der Waals surface area contributed by atoms with Crippen LogP contribution >= 0.6 is 0 Å². The van der Waals surface area contributed by atoms with Crippen LogP contribution in [-0.2, 0) is 4.79 Å². The van der Waals surface area contributed by atoms with Crippen molar-refractivity contribution < 1.29 is 19.1 Å². The van der Waals surface area contributed by atoms with Gasteiger partial charge in [-0.05, 0) is 30.3 Å². The number of methoxy groups -OCH3 is 2. The molecule has 26 heavy (non-hydrogen) atoms. The SMILES string of the molecule is COc1ccc(OC)c([C@@H]2CC(=O)NC(NC(=O)c3ccccc3)=N2)c1. The largest absolute Gasteiger partial charge is 0.497 e. The number of amides is 2. The molecule has 1 aliphatic heterocycles. The van der Waals surface area contributed by atoms with Crippen LogP contribution in [0, 0.1) is 0 Å². The van der Waals surface area contributed by atoms with Crippen molar-refractivity contribution in [3.8, 4) is 11.5 Å². The molecule has 2 N–H and O–H groups in total. The lowest BCUT2D eigenvalue weighted by atomic mass is 10.0. The van der Waals surface area contributed by atoms with Crippen molar-refractivity contribution in [1.82, 2.24) is 10.6 Å². The highest BCUT2D eigenvalue weighted by atomic mass is 16.5. The maximum Gasteiger partial charge on any atom is 0.257 e. The Balaban J connectivity index is 1.88. The summed E-state index contributed by atoms with van der Waals surface area (Å²) in [5.41, 5.74) is 1.19. The Morgan fingerprint density at radius 2 is 1.92 bits per heavy atom. The molecule has 2 aromatic rings. The lowest BCUT2D eigenvalue weighted by Crippen LogP contribution is -2.47. The molecule has 0 fully saturated rings. The molecule has 1 heterocycles. The third kappa shape index (κ3) is 3.83. The molecule has 134 valence electrons. The molecule has 0 bridgehead atoms. The first-order valence-corrected chi connectivity index (χ1v) is 8.06. The molecule has 0 aliphatic carbocycles. The molecular weight excluding hydrogens is 334 g/mol. The first-order valence-electron chi connectivity index (χ1n) is 8.06. The van der Waals surface area contributed by atoms with Crippen LogP contribution in [0.15, 0.2) is 53.5 Å². The van der Waals surface area contributed by atoms with Crippen molar-refractivity contribution >= 4 is 17.8 Å². The summed E-state index contributed by atoms with van der Waals surface area (Å²) in [5.74, 6) is 0.769. The summed E-state index contributed by atoms with van der Waals surface area (Å²) in [5, 5.41) is 5.23. The standard InChI is InChI=1S/C19H19N3O4/c1-25-13-8-9-16(26-2)14(10-13)15-11-17(23)21-19(20-15)22-18(24)12-6-4-3-5-7-12/h3-10,15H,11H2,1-2H3,(H2,20,21,22,23,24)/t15-/m0/s1. The minimum absolute atomic E-state index is 0.116. The number of carbonyl (C=O) groups excluding carboxylic acids is 2. The van der Waals surface area contributed by atoms with Gasteiger partial charge in [-0.2, -0.15) is 0 Å². The van der Waals surface area contributed by atoms with Crippen LogP contribution in [0.2, 0.25) is 0 Å². The van der Waals surface area contributed by atoms with Gasteiger partial charge in [-0.3, -0.25) is 20.2 Å². The van der Waals surface area contributed by atoms with Gasteiger partial charge in [0.1, 0.15) is 11.5 Å². The highest BCUT2D eigenvalue weighted by molar-refractivity contribution is 6.10. The fourth-order valence-electron chi connectivity index (χ4n) is 2.70. The topological polar surface area (TPSA) is 89.0 Å². The van der Waals surface area contributed by atoms with Crippen LogP contribution in [0.5, 0.6) is 11.5 Å². The summed E-state index contributed by atoms with van der Waals surface area (Å²) in [4.78, 5) is 28.9. The molecule has 0 radical (unpaired) electrons. The van der Waals surface area contributed by atoms with Crippen LogP contribution in [0.25, 0.3) is 0 Å². The number of nitrogens with one attached hydrogen (secondary N) is 2. The van der Waals surface area contributed by atoms with Gasteiger partial charge in [0, 0.05) is 11.1 Å². The van der Waals surface area contributed by atoms with Gasteiger partial charge < -0.3 is 9.47 Å². The second-order valence-corrected chi connectivity index (χ2v) is 5.67. The number of guanidine groups is 1. The van der Waals surface area contributed by atoms with E-state index in [-0.39, 0.29) is 24.2 Å². The van der Waals surface area contributed by atoms with E-state index in [1.54, 1.807) is 56.7 Å². The lowest BCUT2D eigenvalue weighted by Gasteiger charge is -2.23. The Labute approximate surface area is 151 Å². The van der Waals surface area contributed by atoms with Crippen LogP contribution in [-0.4, -0.2) is 32.0 Å². The van der Waals surface area contributed by atoms with Gasteiger partial charge in [0.2, 0.25) is 11.9 Å². The second-order valence-electron chi connectivity index (χ2n) is 5.67. The Bertz CT molecular complexity index is 849. The van der Waals surface area contributed by atoms with Gasteiger partial charge in [0.25, 0.3) is 5.91 Å². The first kappa shape index (κ1) is 17.5. The number of ether oxygens (including phenoxy) is 2. The minimum Gasteiger partial charge on any atom is -0.497 e. The van der Waals surface area contributed by atoms with E-state index in [0.29, 0.717) is 22.6 Å². The molecule has 1 aliphatic rings. The van der Waals surface area contributed by atoms with E-state index >= 15 is 0 Å². The monoisotopic (exact) mass is 353 g/mol. The smallest absolute Gasteiger partial charge is 0.257 e. The summed E-state index contributed by atoms with van der Waals surface area (Å²) in [6.07, 6.45) is 0.147. The van der Waals surface area contributed by atoms with Gasteiger partial charge in [-0.1, -0.05) is 18.2 Å². The van der Waals surface area contributed by atoms with Gasteiger partial charge in [-0.25, -0.2) is 4.99 Å². The molecule has 3 rings (SSSR count). The van der Waals surface area contributed by atoms with Crippen LogP contribution in [0.1, 0.15) is 28.4 Å². The zero-order chi connectivity index (χ0) is 18.5. The second kappa shape index (κ2) is 7.69. The molecule has 2 amide bonds.